The number of benzene rings is 1. The van der Waals surface area contributed by atoms with E-state index in [0.29, 0.717) is 31.3 Å². The predicted octanol–water partition coefficient (Wildman–Crippen LogP) is 3.87. The van der Waals surface area contributed by atoms with Crippen molar-refractivity contribution in [2.75, 3.05) is 12.9 Å². The SMILES string of the molecule is CS(=O)(=O)NC1CCc2ccc(C3CC3)c(=O)n2C1COC1CCC(c2ccccc2)CC1. The molecule has 0 bridgehead atoms. The Bertz CT molecular complexity index is 1130. The molecule has 2 unspecified atom stereocenters. The number of hydrogen-bond donors (Lipinski definition) is 1. The maximum atomic E-state index is 13.4. The number of ether oxygens (including phenoxy) is 1. The van der Waals surface area contributed by atoms with Crippen LogP contribution in [-0.2, 0) is 21.2 Å². The highest BCUT2D eigenvalue weighted by Crippen LogP contribution is 2.39. The first-order valence-corrected chi connectivity index (χ1v) is 14.2. The van der Waals surface area contributed by atoms with Crippen molar-refractivity contribution in [1.29, 1.82) is 0 Å². The minimum atomic E-state index is -3.39. The highest BCUT2D eigenvalue weighted by Gasteiger charge is 2.36. The Morgan fingerprint density at radius 3 is 2.30 bits per heavy atom. The number of aryl methyl sites for hydroxylation is 1. The number of rotatable bonds is 7. The van der Waals surface area contributed by atoms with E-state index in [-0.39, 0.29) is 23.7 Å². The summed E-state index contributed by atoms with van der Waals surface area (Å²) in [6.07, 6.45) is 8.97. The van der Waals surface area contributed by atoms with E-state index in [1.54, 1.807) is 0 Å². The van der Waals surface area contributed by atoms with Gasteiger partial charge in [0.2, 0.25) is 10.0 Å². The van der Waals surface area contributed by atoms with Crippen LogP contribution in [0.25, 0.3) is 0 Å². The second kappa shape index (κ2) is 9.35. The number of nitrogens with one attached hydrogen (secondary N) is 1. The molecule has 6 nitrogen and oxygen atoms in total. The second-order valence-corrected chi connectivity index (χ2v) is 11.8. The Morgan fingerprint density at radius 2 is 1.64 bits per heavy atom. The zero-order valence-corrected chi connectivity index (χ0v) is 20.1. The monoisotopic (exact) mass is 470 g/mol. The minimum absolute atomic E-state index is 0.0383. The van der Waals surface area contributed by atoms with Gasteiger partial charge in [-0.3, -0.25) is 4.79 Å². The molecule has 2 aromatic rings. The van der Waals surface area contributed by atoms with Gasteiger partial charge in [-0.05, 0) is 74.8 Å². The van der Waals surface area contributed by atoms with Crippen LogP contribution in [0.5, 0.6) is 0 Å². The van der Waals surface area contributed by atoms with Gasteiger partial charge in [0, 0.05) is 17.3 Å². The minimum Gasteiger partial charge on any atom is -0.376 e. The lowest BCUT2D eigenvalue weighted by atomic mass is 9.83. The molecule has 2 heterocycles. The maximum Gasteiger partial charge on any atom is 0.254 e. The van der Waals surface area contributed by atoms with Crippen molar-refractivity contribution in [3.8, 4) is 0 Å². The van der Waals surface area contributed by atoms with Gasteiger partial charge in [-0.2, -0.15) is 0 Å². The average molecular weight is 471 g/mol. The molecule has 7 heteroatoms. The van der Waals surface area contributed by atoms with Gasteiger partial charge in [0.15, 0.2) is 0 Å². The second-order valence-electron chi connectivity index (χ2n) is 10.0. The molecule has 1 aliphatic heterocycles. The third-order valence-electron chi connectivity index (χ3n) is 7.57. The first kappa shape index (κ1) is 22.8. The normalized spacial score (nSPS) is 27.8. The molecular formula is C26H34N2O4S. The van der Waals surface area contributed by atoms with Gasteiger partial charge in [0.05, 0.1) is 25.0 Å². The zero-order chi connectivity index (χ0) is 23.0. The van der Waals surface area contributed by atoms with Crippen molar-refractivity contribution in [3.63, 3.8) is 0 Å². The van der Waals surface area contributed by atoms with E-state index >= 15 is 0 Å². The molecule has 3 aliphatic rings. The van der Waals surface area contributed by atoms with E-state index in [1.165, 1.54) is 11.8 Å². The van der Waals surface area contributed by atoms with Gasteiger partial charge >= 0.3 is 0 Å². The summed E-state index contributed by atoms with van der Waals surface area (Å²) in [5, 5.41) is 0. The maximum absolute atomic E-state index is 13.4. The van der Waals surface area contributed by atoms with Crippen LogP contribution >= 0.6 is 0 Å². The van der Waals surface area contributed by atoms with Crippen molar-refractivity contribution in [2.24, 2.45) is 0 Å². The van der Waals surface area contributed by atoms with Crippen molar-refractivity contribution >= 4 is 10.0 Å². The lowest BCUT2D eigenvalue weighted by Crippen LogP contribution is -2.49. The van der Waals surface area contributed by atoms with Gasteiger partial charge in [0.25, 0.3) is 5.56 Å². The van der Waals surface area contributed by atoms with Gasteiger partial charge < -0.3 is 9.30 Å². The van der Waals surface area contributed by atoms with Crippen LogP contribution in [-0.4, -0.2) is 38.0 Å². The Balaban J connectivity index is 1.32. The molecule has 178 valence electrons. The zero-order valence-electron chi connectivity index (χ0n) is 19.3. The lowest BCUT2D eigenvalue weighted by molar-refractivity contribution is -0.00170. The van der Waals surface area contributed by atoms with Crippen molar-refractivity contribution in [1.82, 2.24) is 9.29 Å². The fourth-order valence-electron chi connectivity index (χ4n) is 5.68. The number of sulfonamides is 1. The summed E-state index contributed by atoms with van der Waals surface area (Å²) in [4.78, 5) is 13.4. The summed E-state index contributed by atoms with van der Waals surface area (Å²) < 4.78 is 35.1. The van der Waals surface area contributed by atoms with Gasteiger partial charge in [-0.1, -0.05) is 36.4 Å². The van der Waals surface area contributed by atoms with Crippen molar-refractivity contribution < 1.29 is 13.2 Å². The van der Waals surface area contributed by atoms with Crippen LogP contribution in [0.2, 0.25) is 0 Å². The smallest absolute Gasteiger partial charge is 0.254 e. The van der Waals surface area contributed by atoms with Gasteiger partial charge in [-0.15, -0.1) is 0 Å². The fraction of sp³-hybridized carbons (Fsp3) is 0.577. The van der Waals surface area contributed by atoms with Crippen LogP contribution in [0.1, 0.15) is 79.6 Å². The molecular weight excluding hydrogens is 436 g/mol. The van der Waals surface area contributed by atoms with Crippen LogP contribution in [0.4, 0.5) is 0 Å². The first-order valence-electron chi connectivity index (χ1n) is 12.3. The van der Waals surface area contributed by atoms with Crippen molar-refractivity contribution in [2.45, 2.75) is 81.4 Å². The van der Waals surface area contributed by atoms with Crippen LogP contribution in [0.3, 0.4) is 0 Å². The average Bonchev–Trinajstić information content (AvgIpc) is 3.64. The fourth-order valence-corrected chi connectivity index (χ4v) is 6.51. The lowest BCUT2D eigenvalue weighted by Gasteiger charge is -2.37. The molecule has 2 aliphatic carbocycles. The van der Waals surface area contributed by atoms with Crippen LogP contribution in [0, 0.1) is 0 Å². The summed E-state index contributed by atoms with van der Waals surface area (Å²) in [6, 6.07) is 14.1. The van der Waals surface area contributed by atoms with Crippen LogP contribution in [0.15, 0.2) is 47.3 Å². The summed E-state index contributed by atoms with van der Waals surface area (Å²) in [7, 11) is -3.39. The third kappa shape index (κ3) is 5.26. The molecule has 1 aromatic carbocycles. The molecule has 2 atom stereocenters. The van der Waals surface area contributed by atoms with E-state index in [9.17, 15) is 13.2 Å². The van der Waals surface area contributed by atoms with E-state index in [4.69, 9.17) is 4.74 Å². The first-order chi connectivity index (χ1) is 15.9. The third-order valence-corrected chi connectivity index (χ3v) is 8.30. The van der Waals surface area contributed by atoms with E-state index in [2.05, 4.69) is 41.1 Å². The topological polar surface area (TPSA) is 77.4 Å². The largest absolute Gasteiger partial charge is 0.376 e. The van der Waals surface area contributed by atoms with Crippen molar-refractivity contribution in [3.05, 3.63) is 69.6 Å². The number of hydrogen-bond acceptors (Lipinski definition) is 4. The molecule has 0 saturated heterocycles. The summed E-state index contributed by atoms with van der Waals surface area (Å²) in [6.45, 7) is 0.356. The summed E-state index contributed by atoms with van der Waals surface area (Å²) in [5.74, 6) is 0.929. The van der Waals surface area contributed by atoms with Gasteiger partial charge in [0.1, 0.15) is 0 Å². The van der Waals surface area contributed by atoms with E-state index in [1.807, 2.05) is 10.6 Å². The molecule has 5 rings (SSSR count). The molecule has 0 radical (unpaired) electrons. The Morgan fingerprint density at radius 1 is 0.939 bits per heavy atom. The Hall–Kier alpha value is -1.96. The molecule has 0 spiro atoms. The molecule has 33 heavy (non-hydrogen) atoms. The number of aromatic nitrogens is 1. The summed E-state index contributed by atoms with van der Waals surface area (Å²) >= 11 is 0. The molecule has 2 saturated carbocycles. The molecule has 2 fully saturated rings. The number of pyridine rings is 1. The number of fused-ring (bicyclic) bond motifs is 1. The van der Waals surface area contributed by atoms with E-state index < -0.39 is 10.0 Å². The van der Waals surface area contributed by atoms with Crippen LogP contribution < -0.4 is 10.3 Å². The standard InChI is InChI=1S/C26H34N2O4S/c1-33(30,31)27-24-16-12-21-11-15-23(20-7-8-20)26(29)28(21)25(24)17-32-22-13-9-19(10-14-22)18-5-3-2-4-6-18/h2-6,11,15,19-20,22,24-25,27H,7-10,12-14,16-17H2,1H3. The Kier molecular flexibility index (Phi) is 6.47. The quantitative estimate of drug-likeness (QED) is 0.666. The highest BCUT2D eigenvalue weighted by molar-refractivity contribution is 7.88. The van der Waals surface area contributed by atoms with Gasteiger partial charge in [-0.25, -0.2) is 13.1 Å². The molecule has 1 N–H and O–H groups in total. The highest BCUT2D eigenvalue weighted by atomic mass is 32.2. The summed E-state index contributed by atoms with van der Waals surface area (Å²) in [5.41, 5.74) is 3.29. The number of nitrogens with zero attached hydrogens (tertiary/aromatic N) is 1. The Labute approximate surface area is 196 Å². The molecule has 0 amide bonds. The predicted molar refractivity (Wildman–Crippen MR) is 129 cm³/mol. The van der Waals surface area contributed by atoms with E-state index in [0.717, 1.165) is 49.8 Å². The molecule has 1 aromatic heterocycles.